The van der Waals surface area contributed by atoms with Crippen LogP contribution in [0.2, 0.25) is 0 Å². The van der Waals surface area contributed by atoms with E-state index in [1.807, 2.05) is 24.3 Å². The number of unbranched alkanes of at least 4 members (excludes halogenated alkanes) is 5. The molecule has 2 nitrogen and oxygen atoms in total. The highest BCUT2D eigenvalue weighted by molar-refractivity contribution is 9.09. The lowest BCUT2D eigenvalue weighted by Gasteiger charge is -2.09. The molecule has 1 rings (SSSR count). The lowest BCUT2D eigenvalue weighted by molar-refractivity contribution is 0.0981. The van der Waals surface area contributed by atoms with Crippen molar-refractivity contribution in [2.24, 2.45) is 0 Å². The summed E-state index contributed by atoms with van der Waals surface area (Å²) in [5.74, 6) is 0.986. The predicted molar refractivity (Wildman–Crippen MR) is 92.6 cm³/mol. The Bertz CT molecular complexity index is 400. The maximum absolute atomic E-state index is 12.2. The highest BCUT2D eigenvalue weighted by Gasteiger charge is 2.12. The van der Waals surface area contributed by atoms with E-state index in [4.69, 9.17) is 4.74 Å². The Balaban J connectivity index is 2.23. The number of hydrogen-bond acceptors (Lipinski definition) is 2. The van der Waals surface area contributed by atoms with E-state index in [9.17, 15) is 4.79 Å². The lowest BCUT2D eigenvalue weighted by atomic mass is 10.0. The van der Waals surface area contributed by atoms with E-state index < -0.39 is 0 Å². The van der Waals surface area contributed by atoms with Crippen molar-refractivity contribution in [3.8, 4) is 5.75 Å². The smallest absolute Gasteiger partial charge is 0.163 e. The summed E-state index contributed by atoms with van der Waals surface area (Å²) in [6, 6.07) is 7.35. The molecule has 0 radical (unpaired) electrons. The van der Waals surface area contributed by atoms with E-state index in [0.29, 0.717) is 11.2 Å². The lowest BCUT2D eigenvalue weighted by Crippen LogP contribution is -2.08. The molecule has 1 aromatic carbocycles. The maximum atomic E-state index is 12.2. The van der Waals surface area contributed by atoms with Crippen molar-refractivity contribution < 1.29 is 9.53 Å². The average Bonchev–Trinajstić information content (AvgIpc) is 2.50. The van der Waals surface area contributed by atoms with Crippen LogP contribution >= 0.6 is 15.9 Å². The van der Waals surface area contributed by atoms with Crippen molar-refractivity contribution >= 4 is 21.7 Å². The second-order valence-electron chi connectivity index (χ2n) is 5.51. The first-order valence-electron chi connectivity index (χ1n) is 7.98. The fraction of sp³-hybridized carbons (Fsp3) is 0.611. The van der Waals surface area contributed by atoms with Crippen LogP contribution < -0.4 is 4.74 Å². The number of benzene rings is 1. The molecule has 0 spiro atoms. The summed E-state index contributed by atoms with van der Waals surface area (Å²) in [6.45, 7) is 2.24. The molecule has 1 unspecified atom stereocenters. The minimum atomic E-state index is 0.200. The van der Waals surface area contributed by atoms with Crippen LogP contribution in [0.1, 0.15) is 68.6 Å². The Morgan fingerprint density at radius 3 is 2.33 bits per heavy atom. The third kappa shape index (κ3) is 7.66. The molecule has 0 aromatic heterocycles. The van der Waals surface area contributed by atoms with E-state index in [0.717, 1.165) is 17.7 Å². The van der Waals surface area contributed by atoms with Gasteiger partial charge in [-0.3, -0.25) is 4.79 Å². The number of ketones is 1. The Morgan fingerprint density at radius 2 is 1.71 bits per heavy atom. The molecule has 0 amide bonds. The van der Waals surface area contributed by atoms with Gasteiger partial charge in [-0.05, 0) is 30.7 Å². The number of halogens is 1. The van der Waals surface area contributed by atoms with Crippen LogP contribution in [0.5, 0.6) is 5.75 Å². The Morgan fingerprint density at radius 1 is 1.10 bits per heavy atom. The Kier molecular flexibility index (Phi) is 9.40. The molecule has 0 saturated carbocycles. The fourth-order valence-corrected chi connectivity index (χ4v) is 2.96. The summed E-state index contributed by atoms with van der Waals surface area (Å²) in [4.78, 5) is 12.4. The van der Waals surface area contributed by atoms with Gasteiger partial charge in [-0.1, -0.05) is 61.4 Å². The fourth-order valence-electron chi connectivity index (χ4n) is 2.34. The van der Waals surface area contributed by atoms with Gasteiger partial charge in [0, 0.05) is 16.8 Å². The van der Waals surface area contributed by atoms with Gasteiger partial charge < -0.3 is 4.74 Å². The van der Waals surface area contributed by atoms with Gasteiger partial charge in [0.05, 0.1) is 7.11 Å². The summed E-state index contributed by atoms with van der Waals surface area (Å²) in [6.07, 6.45) is 9.42. The van der Waals surface area contributed by atoms with Gasteiger partial charge in [0.15, 0.2) is 5.78 Å². The molecular formula is C18H27BrO2. The number of alkyl halides is 1. The first-order valence-corrected chi connectivity index (χ1v) is 8.90. The van der Waals surface area contributed by atoms with Gasteiger partial charge in [0.1, 0.15) is 5.75 Å². The zero-order chi connectivity index (χ0) is 15.5. The molecule has 21 heavy (non-hydrogen) atoms. The number of ether oxygens (including phenoxy) is 1. The molecule has 0 aliphatic heterocycles. The SMILES string of the molecule is CCCCCCCCC(Br)CC(=O)c1ccc(OC)cc1. The summed E-state index contributed by atoms with van der Waals surface area (Å²) in [7, 11) is 1.63. The van der Waals surface area contributed by atoms with Gasteiger partial charge in [0.25, 0.3) is 0 Å². The van der Waals surface area contributed by atoms with E-state index in [1.165, 1.54) is 38.5 Å². The molecule has 0 N–H and O–H groups in total. The third-order valence-electron chi connectivity index (χ3n) is 3.69. The number of Topliss-reactive ketones (excluding diaryl/α,β-unsaturated/α-hetero) is 1. The largest absolute Gasteiger partial charge is 0.497 e. The highest BCUT2D eigenvalue weighted by Crippen LogP contribution is 2.19. The molecule has 3 heteroatoms. The minimum absolute atomic E-state index is 0.200. The molecule has 1 atom stereocenters. The van der Waals surface area contributed by atoms with Crippen molar-refractivity contribution in [2.75, 3.05) is 7.11 Å². The molecule has 0 aliphatic rings. The van der Waals surface area contributed by atoms with E-state index >= 15 is 0 Å². The van der Waals surface area contributed by atoms with Gasteiger partial charge in [-0.15, -0.1) is 0 Å². The molecule has 0 saturated heterocycles. The first kappa shape index (κ1) is 18.2. The molecule has 0 fully saturated rings. The van der Waals surface area contributed by atoms with Crippen LogP contribution in [0.4, 0.5) is 0 Å². The second-order valence-corrected chi connectivity index (χ2v) is 6.80. The second kappa shape index (κ2) is 10.8. The summed E-state index contributed by atoms with van der Waals surface area (Å²) < 4.78 is 5.10. The number of carbonyl (C=O) groups excluding carboxylic acids is 1. The van der Waals surface area contributed by atoms with Crippen molar-refractivity contribution in [1.29, 1.82) is 0 Å². The average molecular weight is 355 g/mol. The van der Waals surface area contributed by atoms with Crippen LogP contribution in [0.15, 0.2) is 24.3 Å². The summed E-state index contributed by atoms with van der Waals surface area (Å²) in [5, 5.41) is 0. The zero-order valence-corrected chi connectivity index (χ0v) is 14.8. The topological polar surface area (TPSA) is 26.3 Å². The van der Waals surface area contributed by atoms with Crippen LogP contribution in [0, 0.1) is 0 Å². The van der Waals surface area contributed by atoms with Crippen molar-refractivity contribution in [3.05, 3.63) is 29.8 Å². The van der Waals surface area contributed by atoms with E-state index in [2.05, 4.69) is 22.9 Å². The van der Waals surface area contributed by atoms with Crippen LogP contribution in [-0.4, -0.2) is 17.7 Å². The molecule has 1 aromatic rings. The van der Waals surface area contributed by atoms with Gasteiger partial charge in [-0.2, -0.15) is 0 Å². The maximum Gasteiger partial charge on any atom is 0.163 e. The standard InChI is InChI=1S/C18H27BrO2/c1-3-4-5-6-7-8-9-16(19)14-18(20)15-10-12-17(21-2)13-11-15/h10-13,16H,3-9,14H2,1-2H3. The van der Waals surface area contributed by atoms with Crippen LogP contribution in [0.3, 0.4) is 0 Å². The van der Waals surface area contributed by atoms with Crippen LogP contribution in [0.25, 0.3) is 0 Å². The predicted octanol–water partition coefficient (Wildman–Crippen LogP) is 5.78. The van der Waals surface area contributed by atoms with Crippen LogP contribution in [-0.2, 0) is 0 Å². The molecule has 118 valence electrons. The minimum Gasteiger partial charge on any atom is -0.497 e. The molecule has 0 heterocycles. The van der Waals surface area contributed by atoms with E-state index in [-0.39, 0.29) is 5.78 Å². The van der Waals surface area contributed by atoms with Crippen molar-refractivity contribution in [2.45, 2.75) is 63.1 Å². The van der Waals surface area contributed by atoms with Gasteiger partial charge in [0.2, 0.25) is 0 Å². The van der Waals surface area contributed by atoms with Crippen molar-refractivity contribution in [1.82, 2.24) is 0 Å². The monoisotopic (exact) mass is 354 g/mol. The Labute approximate surface area is 137 Å². The number of carbonyl (C=O) groups is 1. The summed E-state index contributed by atoms with van der Waals surface area (Å²) >= 11 is 3.64. The van der Waals surface area contributed by atoms with E-state index in [1.54, 1.807) is 7.11 Å². The third-order valence-corrected chi connectivity index (χ3v) is 4.47. The van der Waals surface area contributed by atoms with Crippen molar-refractivity contribution in [3.63, 3.8) is 0 Å². The number of rotatable bonds is 11. The molecular weight excluding hydrogens is 328 g/mol. The quantitative estimate of drug-likeness (QED) is 0.286. The molecule has 0 bridgehead atoms. The Hall–Kier alpha value is -0.830. The summed E-state index contributed by atoms with van der Waals surface area (Å²) in [5.41, 5.74) is 0.767. The number of hydrogen-bond donors (Lipinski definition) is 0. The normalized spacial score (nSPS) is 12.1. The van der Waals surface area contributed by atoms with Gasteiger partial charge in [-0.25, -0.2) is 0 Å². The first-order chi connectivity index (χ1) is 10.2. The molecule has 0 aliphatic carbocycles. The number of methoxy groups -OCH3 is 1. The highest BCUT2D eigenvalue weighted by atomic mass is 79.9. The van der Waals surface area contributed by atoms with Gasteiger partial charge >= 0.3 is 0 Å². The zero-order valence-electron chi connectivity index (χ0n) is 13.2.